The summed E-state index contributed by atoms with van der Waals surface area (Å²) >= 11 is 0. The highest BCUT2D eigenvalue weighted by Gasteiger charge is 2.69. The van der Waals surface area contributed by atoms with Crippen molar-refractivity contribution in [2.45, 2.75) is 87.8 Å². The van der Waals surface area contributed by atoms with E-state index < -0.39 is 23.6 Å². The van der Waals surface area contributed by atoms with E-state index in [0.29, 0.717) is 55.5 Å². The normalized spacial score (nSPS) is 33.5. The number of hydrogen-bond donors (Lipinski definition) is 0. The predicted molar refractivity (Wildman–Crippen MR) is 137 cm³/mol. The van der Waals surface area contributed by atoms with Crippen LogP contribution in [0.15, 0.2) is 33.3 Å². The lowest BCUT2D eigenvalue weighted by molar-refractivity contribution is -0.215. The van der Waals surface area contributed by atoms with Crippen molar-refractivity contribution in [1.29, 1.82) is 0 Å². The average Bonchev–Trinajstić information content (AvgIpc) is 3.44. The molecule has 2 aliphatic heterocycles. The van der Waals surface area contributed by atoms with Crippen molar-refractivity contribution in [1.82, 2.24) is 20.3 Å². The molecule has 7 fully saturated rings. The summed E-state index contributed by atoms with van der Waals surface area (Å²) in [4.78, 5) is 24.2. The van der Waals surface area contributed by atoms with Crippen molar-refractivity contribution in [2.75, 3.05) is 18.1 Å². The number of aromatic nitrogens is 4. The van der Waals surface area contributed by atoms with E-state index in [0.717, 1.165) is 44.3 Å². The van der Waals surface area contributed by atoms with Crippen LogP contribution in [-0.2, 0) is 15.1 Å². The molecule has 7 aliphatic rings. The number of rotatable bonds is 9. The van der Waals surface area contributed by atoms with E-state index in [9.17, 15) is 18.0 Å². The van der Waals surface area contributed by atoms with Gasteiger partial charge in [-0.05, 0) is 75.3 Å². The Bertz CT molecular complexity index is 1470. The van der Waals surface area contributed by atoms with Crippen LogP contribution in [0.1, 0.15) is 94.2 Å². The van der Waals surface area contributed by atoms with Gasteiger partial charge in [0, 0.05) is 35.5 Å². The lowest BCUT2D eigenvalue weighted by atomic mass is 9.41. The van der Waals surface area contributed by atoms with Gasteiger partial charge in [0.05, 0.1) is 6.61 Å². The molecule has 2 aromatic heterocycles. The van der Waals surface area contributed by atoms with Gasteiger partial charge in [-0.3, -0.25) is 4.79 Å². The number of carbonyl (C=O) groups is 1. The van der Waals surface area contributed by atoms with Crippen molar-refractivity contribution in [3.8, 4) is 11.4 Å². The summed E-state index contributed by atoms with van der Waals surface area (Å²) in [7, 11) is 0. The minimum Gasteiger partial charge on any atom is -0.364 e. The van der Waals surface area contributed by atoms with Crippen LogP contribution < -0.4 is 4.90 Å². The zero-order valence-corrected chi connectivity index (χ0v) is 22.5. The number of ether oxygens (including phenoxy) is 1. The Labute approximate surface area is 233 Å². The molecule has 4 heterocycles. The first-order valence-corrected chi connectivity index (χ1v) is 14.4. The Balaban J connectivity index is 1.05. The lowest BCUT2D eigenvalue weighted by Gasteiger charge is -2.66. The van der Waals surface area contributed by atoms with Gasteiger partial charge in [0.2, 0.25) is 11.7 Å². The first-order chi connectivity index (χ1) is 19.7. The average molecular weight is 570 g/mol. The molecular weight excluding hydrogens is 539 g/mol. The predicted octanol–water partition coefficient (Wildman–Crippen LogP) is 6.04. The third-order valence-electron chi connectivity index (χ3n) is 9.99. The molecule has 0 spiro atoms. The van der Waals surface area contributed by atoms with Gasteiger partial charge < -0.3 is 18.7 Å². The van der Waals surface area contributed by atoms with E-state index in [1.807, 2.05) is 6.07 Å². The van der Waals surface area contributed by atoms with Crippen molar-refractivity contribution in [3.63, 3.8) is 0 Å². The number of amides is 1. The Hall–Kier alpha value is -3.28. The third kappa shape index (κ3) is 4.20. The maximum atomic E-state index is 14.3. The van der Waals surface area contributed by atoms with Gasteiger partial charge >= 0.3 is 6.43 Å². The molecule has 0 unspecified atom stereocenters. The molecule has 0 atom stereocenters. The summed E-state index contributed by atoms with van der Waals surface area (Å²) in [5, 5.41) is 7.89. The van der Waals surface area contributed by atoms with E-state index in [1.54, 1.807) is 23.1 Å². The van der Waals surface area contributed by atoms with E-state index >= 15 is 0 Å². The smallest absolute Gasteiger partial charge is 0.315 e. The molecule has 1 amide bonds. The van der Waals surface area contributed by atoms with E-state index in [1.165, 1.54) is 0 Å². The SMILES string of the molecule is O=C(CC12CC(F)(C1)C2)N(CC12CCC(c3nc(C4CC4)no3)(CC1)OC2)c1cccc(-c2noc(C(F)F)n2)c1. The highest BCUT2D eigenvalue weighted by atomic mass is 19.3. The molecule has 1 aromatic carbocycles. The van der Waals surface area contributed by atoms with Crippen LogP contribution in [0, 0.1) is 10.8 Å². The van der Waals surface area contributed by atoms with Crippen molar-refractivity contribution >= 4 is 11.6 Å². The van der Waals surface area contributed by atoms with Crippen molar-refractivity contribution in [3.05, 3.63) is 41.9 Å². The molecule has 0 radical (unpaired) electrons. The number of anilines is 1. The topological polar surface area (TPSA) is 107 Å². The fourth-order valence-electron chi connectivity index (χ4n) is 7.55. The number of hydrogen-bond acceptors (Lipinski definition) is 8. The van der Waals surface area contributed by atoms with Gasteiger partial charge in [-0.25, -0.2) is 4.39 Å². The molecule has 216 valence electrons. The minimum absolute atomic E-state index is 0.0279. The van der Waals surface area contributed by atoms with Gasteiger partial charge in [-0.2, -0.15) is 18.7 Å². The second-order valence-corrected chi connectivity index (χ2v) is 13.2. The number of benzene rings is 1. The molecular formula is C29H30F3N5O4. The summed E-state index contributed by atoms with van der Waals surface area (Å²) in [6.07, 6.45) is 3.95. The highest BCUT2D eigenvalue weighted by molar-refractivity contribution is 5.94. The second-order valence-electron chi connectivity index (χ2n) is 13.2. The quantitative estimate of drug-likeness (QED) is 0.307. The van der Waals surface area contributed by atoms with Crippen molar-refractivity contribution < 1.29 is 31.7 Å². The number of fused-ring (bicyclic) bond motifs is 3. The molecule has 9 nitrogen and oxygen atoms in total. The van der Waals surface area contributed by atoms with Crippen LogP contribution in [-0.4, -0.2) is 45.0 Å². The number of carbonyl (C=O) groups excluding carboxylic acids is 1. The zero-order valence-electron chi connectivity index (χ0n) is 22.5. The Kier molecular flexibility index (Phi) is 5.35. The summed E-state index contributed by atoms with van der Waals surface area (Å²) < 4.78 is 57.2. The zero-order chi connectivity index (χ0) is 28.0. The highest BCUT2D eigenvalue weighted by Crippen LogP contribution is 2.71. The van der Waals surface area contributed by atoms with Crippen LogP contribution in [0.2, 0.25) is 0 Å². The number of halogens is 3. The lowest BCUT2D eigenvalue weighted by Crippen LogP contribution is -2.65. The second kappa shape index (κ2) is 8.62. The fraction of sp³-hybridized carbons (Fsp3) is 0.621. The molecule has 12 heteroatoms. The van der Waals surface area contributed by atoms with Gasteiger partial charge in [0.15, 0.2) is 5.82 Å². The van der Waals surface area contributed by atoms with Gasteiger partial charge in [-0.1, -0.05) is 22.4 Å². The van der Waals surface area contributed by atoms with Gasteiger partial charge in [0.25, 0.3) is 11.8 Å². The van der Waals surface area contributed by atoms with E-state index in [-0.39, 0.29) is 29.0 Å². The minimum atomic E-state index is -2.87. The maximum Gasteiger partial charge on any atom is 0.315 e. The first-order valence-electron chi connectivity index (χ1n) is 14.4. The Morgan fingerprint density at radius 2 is 1.80 bits per heavy atom. The molecule has 41 heavy (non-hydrogen) atoms. The summed E-state index contributed by atoms with van der Waals surface area (Å²) in [6.45, 7) is 0.868. The first kappa shape index (κ1) is 25.4. The van der Waals surface area contributed by atoms with Crippen LogP contribution in [0.3, 0.4) is 0 Å². The monoisotopic (exact) mass is 569 g/mol. The molecule has 3 aromatic rings. The summed E-state index contributed by atoms with van der Waals surface area (Å²) in [6, 6.07) is 6.98. The largest absolute Gasteiger partial charge is 0.364 e. The van der Waals surface area contributed by atoms with Crippen LogP contribution in [0.4, 0.5) is 18.9 Å². The molecule has 5 aliphatic carbocycles. The molecule has 10 rings (SSSR count). The molecule has 5 saturated carbocycles. The summed E-state index contributed by atoms with van der Waals surface area (Å²) in [5.74, 6) is 0.918. The molecule has 2 saturated heterocycles. The standard InChI is InChI=1S/C29H30F3N5O4/c30-21(31)24-33-23(35-40-24)18-2-1-3-19(10-18)37(20(38)11-27-12-28(32,13-27)14-27)15-26-6-8-29(9-7-26,39-16-26)25-34-22(36-41-25)17-4-5-17/h1-3,10,17,21H,4-9,11-16H2. The Morgan fingerprint density at radius 1 is 1.02 bits per heavy atom. The van der Waals surface area contributed by atoms with Gasteiger partial charge in [0.1, 0.15) is 11.3 Å². The summed E-state index contributed by atoms with van der Waals surface area (Å²) in [5.41, 5.74) is -1.14. The number of alkyl halides is 3. The maximum absolute atomic E-state index is 14.3. The third-order valence-corrected chi connectivity index (χ3v) is 9.99. The van der Waals surface area contributed by atoms with Crippen molar-refractivity contribution in [2.24, 2.45) is 10.8 Å². The van der Waals surface area contributed by atoms with Crippen LogP contribution >= 0.6 is 0 Å². The molecule has 4 bridgehead atoms. The van der Waals surface area contributed by atoms with E-state index in [2.05, 4.69) is 20.3 Å². The number of nitrogens with zero attached hydrogens (tertiary/aromatic N) is 5. The van der Waals surface area contributed by atoms with Gasteiger partial charge in [-0.15, -0.1) is 0 Å². The molecule has 0 N–H and O–H groups in total. The Morgan fingerprint density at radius 3 is 2.44 bits per heavy atom. The fourth-order valence-corrected chi connectivity index (χ4v) is 7.55. The van der Waals surface area contributed by atoms with Crippen LogP contribution in [0.25, 0.3) is 11.4 Å². The van der Waals surface area contributed by atoms with E-state index in [4.69, 9.17) is 13.8 Å². The van der Waals surface area contributed by atoms with Crippen LogP contribution in [0.5, 0.6) is 0 Å².